The van der Waals surface area contributed by atoms with E-state index < -0.39 is 0 Å². The van der Waals surface area contributed by atoms with Crippen LogP contribution in [-0.2, 0) is 5.41 Å². The van der Waals surface area contributed by atoms with E-state index in [-0.39, 0.29) is 5.41 Å². The summed E-state index contributed by atoms with van der Waals surface area (Å²) >= 11 is 0. The normalized spacial score (nSPS) is 11.6. The van der Waals surface area contributed by atoms with E-state index in [2.05, 4.69) is 37.0 Å². The Morgan fingerprint density at radius 3 is 2.67 bits per heavy atom. The van der Waals surface area contributed by atoms with Crippen molar-refractivity contribution in [3.8, 4) is 6.07 Å². The molecule has 0 unspecified atom stereocenters. The maximum Gasteiger partial charge on any atom is 0.0992 e. The van der Waals surface area contributed by atoms with Crippen LogP contribution < -0.4 is 0 Å². The molecule has 3 heteroatoms. The molecule has 76 valence electrons. The van der Waals surface area contributed by atoms with Crippen molar-refractivity contribution in [2.75, 3.05) is 0 Å². The third kappa shape index (κ3) is 1.59. The number of aromatic nitrogens is 2. The van der Waals surface area contributed by atoms with Gasteiger partial charge in [0.1, 0.15) is 0 Å². The number of nitrogens with one attached hydrogen (secondary N) is 1. The molecule has 2 rings (SSSR count). The van der Waals surface area contributed by atoms with Gasteiger partial charge >= 0.3 is 0 Å². The van der Waals surface area contributed by atoms with Crippen LogP contribution in [0.15, 0.2) is 18.2 Å². The number of nitriles is 1. The van der Waals surface area contributed by atoms with E-state index in [9.17, 15) is 0 Å². The maximum absolute atomic E-state index is 8.78. The zero-order valence-corrected chi connectivity index (χ0v) is 9.13. The first-order valence-electron chi connectivity index (χ1n) is 4.91. The van der Waals surface area contributed by atoms with Gasteiger partial charge in [-0.1, -0.05) is 20.8 Å². The number of aromatic amines is 1. The number of fused-ring (bicyclic) bond motifs is 1. The minimum atomic E-state index is 0.0202. The Labute approximate surface area is 88.7 Å². The minimum absolute atomic E-state index is 0.0202. The quantitative estimate of drug-likeness (QED) is 0.709. The Kier molecular flexibility index (Phi) is 2.01. The molecule has 0 aliphatic heterocycles. The molecule has 0 saturated carbocycles. The second-order valence-electron chi connectivity index (χ2n) is 4.69. The van der Waals surface area contributed by atoms with Gasteiger partial charge in [-0.15, -0.1) is 0 Å². The summed E-state index contributed by atoms with van der Waals surface area (Å²) in [6, 6.07) is 7.73. The smallest absolute Gasteiger partial charge is 0.0992 e. The Bertz CT molecular complexity index is 538. The highest BCUT2D eigenvalue weighted by molar-refractivity contribution is 5.83. The molecule has 0 radical (unpaired) electrons. The Balaban J connectivity index is 2.69. The average Bonchev–Trinajstić information content (AvgIpc) is 2.59. The second-order valence-corrected chi connectivity index (χ2v) is 4.69. The molecule has 3 nitrogen and oxygen atoms in total. The van der Waals surface area contributed by atoms with Crippen LogP contribution in [-0.4, -0.2) is 10.2 Å². The highest BCUT2D eigenvalue weighted by Gasteiger charge is 2.19. The van der Waals surface area contributed by atoms with E-state index in [4.69, 9.17) is 5.26 Å². The van der Waals surface area contributed by atoms with Crippen molar-refractivity contribution in [3.63, 3.8) is 0 Å². The predicted molar refractivity (Wildman–Crippen MR) is 59.5 cm³/mol. The molecule has 0 spiro atoms. The third-order valence-electron chi connectivity index (χ3n) is 2.40. The monoisotopic (exact) mass is 199 g/mol. The van der Waals surface area contributed by atoms with Gasteiger partial charge < -0.3 is 0 Å². The topological polar surface area (TPSA) is 52.5 Å². The predicted octanol–water partition coefficient (Wildman–Crippen LogP) is 2.73. The van der Waals surface area contributed by atoms with Gasteiger partial charge in [-0.2, -0.15) is 10.4 Å². The molecule has 2 aromatic rings. The number of benzene rings is 1. The van der Waals surface area contributed by atoms with Gasteiger partial charge in [0.15, 0.2) is 0 Å². The molecule has 1 N–H and O–H groups in total. The van der Waals surface area contributed by atoms with E-state index >= 15 is 0 Å². The van der Waals surface area contributed by atoms with Gasteiger partial charge in [0.2, 0.25) is 0 Å². The van der Waals surface area contributed by atoms with Gasteiger partial charge in [0, 0.05) is 10.8 Å². The van der Waals surface area contributed by atoms with E-state index in [0.29, 0.717) is 5.56 Å². The molecule has 0 aliphatic carbocycles. The van der Waals surface area contributed by atoms with Gasteiger partial charge in [-0.3, -0.25) is 5.10 Å². The lowest BCUT2D eigenvalue weighted by atomic mass is 9.90. The van der Waals surface area contributed by atoms with Crippen LogP contribution in [0.5, 0.6) is 0 Å². The van der Waals surface area contributed by atoms with Crippen molar-refractivity contribution in [3.05, 3.63) is 29.5 Å². The molecule has 0 amide bonds. The zero-order valence-electron chi connectivity index (χ0n) is 9.13. The Morgan fingerprint density at radius 2 is 2.07 bits per heavy atom. The molecule has 0 fully saturated rings. The molecule has 1 heterocycles. The third-order valence-corrected chi connectivity index (χ3v) is 2.40. The lowest BCUT2D eigenvalue weighted by molar-refractivity contribution is 0.571. The van der Waals surface area contributed by atoms with Crippen molar-refractivity contribution in [1.29, 1.82) is 5.26 Å². The fraction of sp³-hybridized carbons (Fsp3) is 0.333. The van der Waals surface area contributed by atoms with Crippen molar-refractivity contribution in [1.82, 2.24) is 10.2 Å². The highest BCUT2D eigenvalue weighted by atomic mass is 15.1. The lowest BCUT2D eigenvalue weighted by Gasteiger charge is -2.15. The first-order chi connectivity index (χ1) is 7.02. The summed E-state index contributed by atoms with van der Waals surface area (Å²) in [6.45, 7) is 6.38. The zero-order chi connectivity index (χ0) is 11.1. The van der Waals surface area contributed by atoms with Crippen molar-refractivity contribution in [2.24, 2.45) is 0 Å². The van der Waals surface area contributed by atoms with Crippen LogP contribution >= 0.6 is 0 Å². The van der Waals surface area contributed by atoms with Crippen LogP contribution in [0.1, 0.15) is 32.0 Å². The van der Waals surface area contributed by atoms with Crippen LogP contribution in [0.2, 0.25) is 0 Å². The lowest BCUT2D eigenvalue weighted by Crippen LogP contribution is -2.11. The first kappa shape index (κ1) is 9.72. The molecular formula is C12H13N3. The van der Waals surface area contributed by atoms with Crippen molar-refractivity contribution in [2.45, 2.75) is 26.2 Å². The molecule has 1 aromatic carbocycles. The molecule has 1 aromatic heterocycles. The first-order valence-corrected chi connectivity index (χ1v) is 4.91. The summed E-state index contributed by atoms with van der Waals surface area (Å²) in [4.78, 5) is 0. The summed E-state index contributed by atoms with van der Waals surface area (Å²) < 4.78 is 0. The number of rotatable bonds is 0. The summed E-state index contributed by atoms with van der Waals surface area (Å²) in [6.07, 6.45) is 0. The fourth-order valence-corrected chi connectivity index (χ4v) is 1.66. The second kappa shape index (κ2) is 3.09. The number of hydrogen-bond acceptors (Lipinski definition) is 2. The van der Waals surface area contributed by atoms with Gasteiger partial charge in [0.05, 0.1) is 22.8 Å². The standard InChI is InChI=1S/C12H13N3/c1-12(2,3)11-9-5-4-8(7-13)6-10(9)14-15-11/h4-6H,1-3H3,(H,14,15). The van der Waals surface area contributed by atoms with Gasteiger partial charge in [-0.05, 0) is 18.2 Å². The number of nitrogens with zero attached hydrogens (tertiary/aromatic N) is 2. The van der Waals surface area contributed by atoms with Crippen molar-refractivity contribution < 1.29 is 0 Å². The highest BCUT2D eigenvalue weighted by Crippen LogP contribution is 2.27. The number of hydrogen-bond donors (Lipinski definition) is 1. The van der Waals surface area contributed by atoms with E-state index in [1.165, 1.54) is 0 Å². The molecule has 0 saturated heterocycles. The Hall–Kier alpha value is -1.82. The van der Waals surface area contributed by atoms with E-state index in [1.54, 1.807) is 0 Å². The largest absolute Gasteiger partial charge is 0.277 e. The maximum atomic E-state index is 8.78. The summed E-state index contributed by atoms with van der Waals surface area (Å²) in [5.41, 5.74) is 2.65. The summed E-state index contributed by atoms with van der Waals surface area (Å²) in [5.74, 6) is 0. The van der Waals surface area contributed by atoms with Crippen LogP contribution in [0.3, 0.4) is 0 Å². The Morgan fingerprint density at radius 1 is 1.33 bits per heavy atom. The van der Waals surface area contributed by atoms with Crippen LogP contribution in [0.25, 0.3) is 10.9 Å². The molecule has 0 aliphatic rings. The molecule has 0 atom stereocenters. The van der Waals surface area contributed by atoms with E-state index in [1.807, 2.05) is 18.2 Å². The number of H-pyrrole nitrogens is 1. The summed E-state index contributed by atoms with van der Waals surface area (Å²) in [7, 11) is 0. The van der Waals surface area contributed by atoms with Gasteiger partial charge in [0.25, 0.3) is 0 Å². The van der Waals surface area contributed by atoms with E-state index in [0.717, 1.165) is 16.6 Å². The van der Waals surface area contributed by atoms with Gasteiger partial charge in [-0.25, -0.2) is 0 Å². The van der Waals surface area contributed by atoms with Crippen LogP contribution in [0.4, 0.5) is 0 Å². The average molecular weight is 199 g/mol. The van der Waals surface area contributed by atoms with Crippen LogP contribution in [0, 0.1) is 11.3 Å². The molecular weight excluding hydrogens is 186 g/mol. The summed E-state index contributed by atoms with van der Waals surface area (Å²) in [5, 5.41) is 17.2. The fourth-order valence-electron chi connectivity index (χ4n) is 1.66. The van der Waals surface area contributed by atoms with Crippen molar-refractivity contribution >= 4 is 10.9 Å². The molecule has 15 heavy (non-hydrogen) atoms. The molecule has 0 bridgehead atoms. The SMILES string of the molecule is CC(C)(C)c1n[nH]c2cc(C#N)ccc12. The minimum Gasteiger partial charge on any atom is -0.277 e.